The van der Waals surface area contributed by atoms with Crippen LogP contribution in [0.25, 0.3) is 0 Å². The smallest absolute Gasteiger partial charge is 0.355 e. The van der Waals surface area contributed by atoms with E-state index in [1.54, 1.807) is 0 Å². The summed E-state index contributed by atoms with van der Waals surface area (Å²) < 4.78 is 5.78. The predicted molar refractivity (Wildman–Crippen MR) is 118 cm³/mol. The van der Waals surface area contributed by atoms with E-state index in [4.69, 9.17) is 4.74 Å². The number of nitrogens with one attached hydrogen (secondary N) is 1. The van der Waals surface area contributed by atoms with E-state index in [0.29, 0.717) is 23.6 Å². The van der Waals surface area contributed by atoms with E-state index in [1.807, 2.05) is 6.92 Å². The second-order valence-corrected chi connectivity index (χ2v) is 10.2. The van der Waals surface area contributed by atoms with Gasteiger partial charge in [-0.25, -0.2) is 4.79 Å². The van der Waals surface area contributed by atoms with Crippen LogP contribution in [-0.2, 0) is 16.6 Å². The molecule has 4 rings (SSSR count). The largest absolute Gasteiger partial charge is 0.457 e. The van der Waals surface area contributed by atoms with Crippen LogP contribution in [0.2, 0.25) is 0 Å². The van der Waals surface area contributed by atoms with Gasteiger partial charge < -0.3 is 9.72 Å². The summed E-state index contributed by atoms with van der Waals surface area (Å²) in [5.41, 5.74) is 5.35. The number of ketones is 1. The molecule has 30 heavy (non-hydrogen) atoms. The highest BCUT2D eigenvalue weighted by Gasteiger charge is 2.34. The fourth-order valence-corrected chi connectivity index (χ4v) is 5.01. The number of fused-ring (bicyclic) bond motifs is 1. The van der Waals surface area contributed by atoms with Gasteiger partial charge in [-0.3, -0.25) is 4.79 Å². The van der Waals surface area contributed by atoms with Crippen LogP contribution in [0.4, 0.5) is 0 Å². The Labute approximate surface area is 179 Å². The van der Waals surface area contributed by atoms with Crippen LogP contribution in [0.15, 0.2) is 24.3 Å². The van der Waals surface area contributed by atoms with Crippen molar-refractivity contribution in [3.63, 3.8) is 0 Å². The van der Waals surface area contributed by atoms with Crippen LogP contribution < -0.4 is 0 Å². The van der Waals surface area contributed by atoms with E-state index in [-0.39, 0.29) is 29.2 Å². The summed E-state index contributed by atoms with van der Waals surface area (Å²) >= 11 is 0. The lowest BCUT2D eigenvalue weighted by molar-refractivity contribution is 0.0219. The van der Waals surface area contributed by atoms with Gasteiger partial charge in [0.2, 0.25) is 0 Å². The molecule has 1 aromatic heterocycles. The molecule has 2 aromatic rings. The summed E-state index contributed by atoms with van der Waals surface area (Å²) in [6.07, 6.45) is 4.35. The fraction of sp³-hybridized carbons (Fsp3) is 0.538. The first-order valence-electron chi connectivity index (χ1n) is 11.2. The summed E-state index contributed by atoms with van der Waals surface area (Å²) in [6.45, 7) is 10.6. The third-order valence-electron chi connectivity index (χ3n) is 6.98. The molecule has 0 bridgehead atoms. The molecule has 2 aliphatic rings. The molecule has 1 N–H and O–H groups in total. The van der Waals surface area contributed by atoms with E-state index < -0.39 is 0 Å². The number of Topliss-reactive ketones (excluding diaryl/α,β-unsaturated/α-hetero) is 1. The van der Waals surface area contributed by atoms with Gasteiger partial charge >= 0.3 is 5.97 Å². The lowest BCUT2D eigenvalue weighted by Crippen LogP contribution is -2.21. The number of ether oxygens (including phenoxy) is 1. The van der Waals surface area contributed by atoms with Crippen molar-refractivity contribution < 1.29 is 14.3 Å². The minimum absolute atomic E-state index is 0.0120. The summed E-state index contributed by atoms with van der Waals surface area (Å²) in [5.74, 6) is 0.333. The fourth-order valence-electron chi connectivity index (χ4n) is 5.01. The first kappa shape index (κ1) is 20.9. The van der Waals surface area contributed by atoms with Gasteiger partial charge in [0.25, 0.3) is 0 Å². The van der Waals surface area contributed by atoms with Gasteiger partial charge in [0.05, 0.1) is 0 Å². The number of hydrogen-bond donors (Lipinski definition) is 1. The molecule has 0 spiro atoms. The quantitative estimate of drug-likeness (QED) is 0.647. The Bertz CT molecular complexity index is 961. The monoisotopic (exact) mass is 407 g/mol. The van der Waals surface area contributed by atoms with Crippen LogP contribution in [-0.4, -0.2) is 22.8 Å². The van der Waals surface area contributed by atoms with Gasteiger partial charge in [0.1, 0.15) is 11.8 Å². The number of aromatic amines is 1. The highest BCUT2D eigenvalue weighted by molar-refractivity contribution is 6.03. The van der Waals surface area contributed by atoms with Crippen molar-refractivity contribution in [1.82, 2.24) is 4.98 Å². The van der Waals surface area contributed by atoms with Crippen molar-refractivity contribution in [2.75, 3.05) is 0 Å². The lowest BCUT2D eigenvalue weighted by Gasteiger charge is -2.24. The van der Waals surface area contributed by atoms with E-state index >= 15 is 0 Å². The predicted octanol–water partition coefficient (Wildman–Crippen LogP) is 5.88. The number of carbonyl (C=O) groups is 2. The van der Waals surface area contributed by atoms with Crippen LogP contribution >= 0.6 is 0 Å². The van der Waals surface area contributed by atoms with Gasteiger partial charge in [-0.15, -0.1) is 0 Å². The number of hydrogen-bond acceptors (Lipinski definition) is 3. The topological polar surface area (TPSA) is 59.2 Å². The molecular weight excluding hydrogens is 374 g/mol. The summed E-state index contributed by atoms with van der Waals surface area (Å²) in [4.78, 5) is 29.0. The highest BCUT2D eigenvalue weighted by atomic mass is 16.5. The molecule has 1 saturated carbocycles. The number of carbonyl (C=O) groups excluding carboxylic acids is 2. The standard InChI is InChI=1S/C26H33NO3/c1-15-7-6-8-22(15)30-25(29)24-16(2)23-20(27-24)13-18(14-21(23)28)17-9-11-19(12-10-17)26(3,4)5/h9-12,15,18,22,27H,6-8,13-14H2,1-5H3/t15-,18+,22-/m1/s1. The van der Waals surface area contributed by atoms with Gasteiger partial charge in [-0.2, -0.15) is 0 Å². The zero-order chi connectivity index (χ0) is 21.6. The molecule has 0 unspecified atom stereocenters. The van der Waals surface area contributed by atoms with Crippen molar-refractivity contribution >= 4 is 11.8 Å². The number of H-pyrrole nitrogens is 1. The lowest BCUT2D eigenvalue weighted by atomic mass is 9.80. The Morgan fingerprint density at radius 2 is 1.80 bits per heavy atom. The Hall–Kier alpha value is -2.36. The average Bonchev–Trinajstić information content (AvgIpc) is 3.24. The van der Waals surface area contributed by atoms with E-state index in [0.717, 1.165) is 36.9 Å². The van der Waals surface area contributed by atoms with Crippen LogP contribution in [0.1, 0.15) is 103 Å². The molecule has 1 fully saturated rings. The second kappa shape index (κ2) is 7.72. The second-order valence-electron chi connectivity index (χ2n) is 10.2. The van der Waals surface area contributed by atoms with Gasteiger partial charge in [0.15, 0.2) is 5.78 Å². The maximum absolute atomic E-state index is 13.0. The zero-order valence-corrected chi connectivity index (χ0v) is 18.8. The molecule has 0 amide bonds. The summed E-state index contributed by atoms with van der Waals surface area (Å²) in [5, 5.41) is 0. The highest BCUT2D eigenvalue weighted by Crippen LogP contribution is 2.36. The van der Waals surface area contributed by atoms with E-state index in [9.17, 15) is 9.59 Å². The number of rotatable bonds is 3. The Morgan fingerprint density at radius 1 is 1.10 bits per heavy atom. The summed E-state index contributed by atoms with van der Waals surface area (Å²) in [7, 11) is 0. The molecule has 4 heteroatoms. The van der Waals surface area contributed by atoms with E-state index in [1.165, 1.54) is 11.1 Å². The van der Waals surface area contributed by atoms with Crippen molar-refractivity contribution in [1.29, 1.82) is 0 Å². The normalized spacial score (nSPS) is 24.0. The van der Waals surface area contributed by atoms with Crippen molar-refractivity contribution in [2.24, 2.45) is 5.92 Å². The molecular formula is C26H33NO3. The van der Waals surface area contributed by atoms with Crippen LogP contribution in [0, 0.1) is 12.8 Å². The molecule has 2 aliphatic carbocycles. The molecule has 3 atom stereocenters. The molecule has 0 aliphatic heterocycles. The minimum Gasteiger partial charge on any atom is -0.457 e. The number of esters is 1. The molecule has 0 saturated heterocycles. The molecule has 4 nitrogen and oxygen atoms in total. The third kappa shape index (κ3) is 3.84. The first-order valence-corrected chi connectivity index (χ1v) is 11.2. The minimum atomic E-state index is -0.320. The Morgan fingerprint density at radius 3 is 2.40 bits per heavy atom. The van der Waals surface area contributed by atoms with Crippen LogP contribution in [0.5, 0.6) is 0 Å². The average molecular weight is 408 g/mol. The zero-order valence-electron chi connectivity index (χ0n) is 18.8. The van der Waals surface area contributed by atoms with Crippen molar-refractivity contribution in [3.05, 3.63) is 57.9 Å². The number of aromatic nitrogens is 1. The number of benzene rings is 1. The maximum atomic E-state index is 13.0. The van der Waals surface area contributed by atoms with Crippen molar-refractivity contribution in [2.45, 2.75) is 84.2 Å². The van der Waals surface area contributed by atoms with Crippen molar-refractivity contribution in [3.8, 4) is 0 Å². The Kier molecular flexibility index (Phi) is 5.37. The first-order chi connectivity index (χ1) is 14.1. The third-order valence-corrected chi connectivity index (χ3v) is 6.98. The molecule has 1 aromatic carbocycles. The molecule has 160 valence electrons. The van der Waals surface area contributed by atoms with Gasteiger partial charge in [-0.1, -0.05) is 52.0 Å². The summed E-state index contributed by atoms with van der Waals surface area (Å²) in [6, 6.07) is 8.63. The van der Waals surface area contributed by atoms with Gasteiger partial charge in [0, 0.05) is 17.7 Å². The maximum Gasteiger partial charge on any atom is 0.355 e. The molecule has 0 radical (unpaired) electrons. The Balaban J connectivity index is 1.55. The van der Waals surface area contributed by atoms with Crippen LogP contribution in [0.3, 0.4) is 0 Å². The molecule has 1 heterocycles. The van der Waals surface area contributed by atoms with E-state index in [2.05, 4.69) is 56.9 Å². The van der Waals surface area contributed by atoms with Gasteiger partial charge in [-0.05, 0) is 66.5 Å². The SMILES string of the molecule is Cc1c(C(=O)O[C@@H]2CCC[C@H]2C)[nH]c2c1C(=O)C[C@@H](c1ccc(C(C)(C)C)cc1)C2.